The minimum absolute atomic E-state index is 0.0157. The maximum Gasteiger partial charge on any atom is 0.268 e. The number of piperidine rings is 1. The monoisotopic (exact) mass is 598 g/mol. The number of benzene rings is 3. The van der Waals surface area contributed by atoms with Gasteiger partial charge in [0.05, 0.1) is 6.26 Å². The van der Waals surface area contributed by atoms with E-state index in [-0.39, 0.29) is 11.9 Å². The molecule has 3 aromatic carbocycles. The quantitative estimate of drug-likeness (QED) is 0.281. The van der Waals surface area contributed by atoms with Crippen LogP contribution in [-0.2, 0) is 27.8 Å². The first-order valence-corrected chi connectivity index (χ1v) is 16.3. The number of ether oxygens (including phenoxy) is 2. The van der Waals surface area contributed by atoms with E-state index < -0.39 is 16.1 Å². The number of para-hydroxylation sites is 2. The third-order valence-electron chi connectivity index (χ3n) is 7.70. The van der Waals surface area contributed by atoms with Gasteiger partial charge in [-0.15, -0.1) is 0 Å². The molecule has 43 heavy (non-hydrogen) atoms. The molecule has 4 aromatic rings. The molecule has 6 rings (SSSR count). The van der Waals surface area contributed by atoms with Crippen molar-refractivity contribution < 1.29 is 22.7 Å². The lowest BCUT2D eigenvalue weighted by molar-refractivity contribution is -0.125. The third kappa shape index (κ3) is 7.15. The first kappa shape index (κ1) is 28.7. The van der Waals surface area contributed by atoms with Crippen LogP contribution >= 0.6 is 0 Å². The molecule has 9 nitrogen and oxygen atoms in total. The summed E-state index contributed by atoms with van der Waals surface area (Å²) in [5.41, 5.74) is 3.53. The summed E-state index contributed by atoms with van der Waals surface area (Å²) in [5.74, 6) is 1.83. The molecule has 0 radical (unpaired) electrons. The zero-order valence-corrected chi connectivity index (χ0v) is 24.7. The molecule has 222 valence electrons. The lowest BCUT2D eigenvalue weighted by Crippen LogP contribution is -2.51. The molecule has 1 atom stereocenters. The van der Waals surface area contributed by atoms with E-state index in [0.717, 1.165) is 61.3 Å². The lowest BCUT2D eigenvalue weighted by atomic mass is 10.00. The predicted molar refractivity (Wildman–Crippen MR) is 166 cm³/mol. The van der Waals surface area contributed by atoms with Crippen molar-refractivity contribution in [2.24, 2.45) is 0 Å². The van der Waals surface area contributed by atoms with Crippen LogP contribution in [0.1, 0.15) is 24.0 Å². The van der Waals surface area contributed by atoms with E-state index in [4.69, 9.17) is 9.47 Å². The van der Waals surface area contributed by atoms with Gasteiger partial charge in [-0.1, -0.05) is 42.5 Å². The van der Waals surface area contributed by atoms with Crippen LogP contribution in [0.15, 0.2) is 97.2 Å². The van der Waals surface area contributed by atoms with Crippen molar-refractivity contribution in [1.29, 1.82) is 0 Å². The molecule has 2 aliphatic rings. The predicted octanol–water partition coefficient (Wildman–Crippen LogP) is 5.25. The van der Waals surface area contributed by atoms with Crippen molar-refractivity contribution in [3.8, 4) is 17.4 Å². The zero-order valence-electron chi connectivity index (χ0n) is 23.9. The molecule has 1 saturated heterocycles. The number of likely N-dealkylation sites (tertiary alicyclic amines) is 1. The largest absolute Gasteiger partial charge is 0.480 e. The normalized spacial score (nSPS) is 17.1. The molecular weight excluding hydrogens is 564 g/mol. The second kappa shape index (κ2) is 12.4. The van der Waals surface area contributed by atoms with Gasteiger partial charge in [-0.2, -0.15) is 0 Å². The van der Waals surface area contributed by atoms with Gasteiger partial charge in [0.25, 0.3) is 5.91 Å². The Labute approximate surface area is 252 Å². The molecule has 1 unspecified atom stereocenters. The van der Waals surface area contributed by atoms with E-state index in [1.54, 1.807) is 24.3 Å². The Morgan fingerprint density at radius 1 is 0.977 bits per heavy atom. The van der Waals surface area contributed by atoms with Crippen molar-refractivity contribution in [3.05, 3.63) is 108 Å². The number of aromatic nitrogens is 1. The second-order valence-electron chi connectivity index (χ2n) is 11.0. The first-order valence-electron chi connectivity index (χ1n) is 14.4. The smallest absolute Gasteiger partial charge is 0.268 e. The van der Waals surface area contributed by atoms with Gasteiger partial charge >= 0.3 is 0 Å². The standard InChI is InChI=1S/C33H34N4O5S/c1-43(39,40)35-26-12-14-29(15-13-26)41-32-16-11-24(22-34-32)23-36-19-17-28(18-20-36)37(27-8-3-2-4-9-27)33(38)31-21-25-7-5-6-10-30(25)42-31/h2-16,22,28,31,35H,17-21,23H2,1H3. The van der Waals surface area contributed by atoms with Gasteiger partial charge in [-0.05, 0) is 66.4 Å². The van der Waals surface area contributed by atoms with E-state index in [1.807, 2.05) is 77.8 Å². The fourth-order valence-corrected chi connectivity index (χ4v) is 6.23. The fourth-order valence-electron chi connectivity index (χ4n) is 5.67. The summed E-state index contributed by atoms with van der Waals surface area (Å²) in [6.07, 6.45) is 4.73. The number of fused-ring (bicyclic) bond motifs is 1. The van der Waals surface area contributed by atoms with Crippen LogP contribution in [0.2, 0.25) is 0 Å². The summed E-state index contributed by atoms with van der Waals surface area (Å²) < 4.78 is 37.1. The molecule has 0 bridgehead atoms. The Balaban J connectivity index is 1.05. The minimum Gasteiger partial charge on any atom is -0.480 e. The van der Waals surface area contributed by atoms with Crippen LogP contribution in [-0.4, -0.2) is 55.7 Å². The van der Waals surface area contributed by atoms with Crippen LogP contribution in [0, 0.1) is 0 Å². The molecule has 1 aromatic heterocycles. The van der Waals surface area contributed by atoms with Crippen molar-refractivity contribution in [2.75, 3.05) is 29.0 Å². The van der Waals surface area contributed by atoms with E-state index in [9.17, 15) is 13.2 Å². The van der Waals surface area contributed by atoms with Gasteiger partial charge in [0, 0.05) is 55.7 Å². The first-order chi connectivity index (χ1) is 20.8. The van der Waals surface area contributed by atoms with Crippen molar-refractivity contribution in [3.63, 3.8) is 0 Å². The molecule has 1 fully saturated rings. The third-order valence-corrected chi connectivity index (χ3v) is 8.31. The van der Waals surface area contributed by atoms with Crippen LogP contribution in [0.25, 0.3) is 0 Å². The molecule has 1 amide bonds. The van der Waals surface area contributed by atoms with Gasteiger partial charge in [-0.25, -0.2) is 13.4 Å². The number of nitrogens with zero attached hydrogens (tertiary/aromatic N) is 3. The van der Waals surface area contributed by atoms with Crippen LogP contribution in [0.3, 0.4) is 0 Å². The Morgan fingerprint density at radius 2 is 1.70 bits per heavy atom. The number of sulfonamides is 1. The van der Waals surface area contributed by atoms with Gasteiger partial charge in [0.2, 0.25) is 15.9 Å². The zero-order chi connectivity index (χ0) is 29.8. The summed E-state index contributed by atoms with van der Waals surface area (Å²) in [6.45, 7) is 2.48. The number of anilines is 2. The maximum absolute atomic E-state index is 13.9. The second-order valence-corrected chi connectivity index (χ2v) is 12.7. The molecule has 10 heteroatoms. The highest BCUT2D eigenvalue weighted by atomic mass is 32.2. The van der Waals surface area contributed by atoms with Crippen molar-refractivity contribution in [2.45, 2.75) is 38.0 Å². The molecular formula is C33H34N4O5S. The number of amides is 1. The number of nitrogens with one attached hydrogen (secondary N) is 1. The number of rotatable bonds is 9. The van der Waals surface area contributed by atoms with E-state index in [1.165, 1.54) is 0 Å². The summed E-state index contributed by atoms with van der Waals surface area (Å²) in [7, 11) is -3.33. The molecule has 0 spiro atoms. The average Bonchev–Trinajstić information content (AvgIpc) is 3.45. The number of pyridine rings is 1. The van der Waals surface area contributed by atoms with E-state index >= 15 is 0 Å². The highest BCUT2D eigenvalue weighted by Crippen LogP contribution is 2.32. The Kier molecular flexibility index (Phi) is 8.31. The number of hydrogen-bond acceptors (Lipinski definition) is 7. The van der Waals surface area contributed by atoms with Gasteiger partial charge in [-0.3, -0.25) is 14.4 Å². The number of carbonyl (C=O) groups excluding carboxylic acids is 1. The van der Waals surface area contributed by atoms with Crippen molar-refractivity contribution >= 4 is 27.3 Å². The molecule has 0 aliphatic carbocycles. The molecule has 2 aliphatic heterocycles. The summed E-state index contributed by atoms with van der Waals surface area (Å²) in [6, 6.07) is 28.4. The van der Waals surface area contributed by atoms with Crippen LogP contribution in [0.4, 0.5) is 11.4 Å². The SMILES string of the molecule is CS(=O)(=O)Nc1ccc(Oc2ccc(CN3CCC(N(C(=O)C4Cc5ccccc5O4)c4ccccc4)CC3)cn2)cc1. The Bertz CT molecular complexity index is 1630. The minimum atomic E-state index is -3.33. The molecule has 1 N–H and O–H groups in total. The molecule has 0 saturated carbocycles. The maximum atomic E-state index is 13.9. The summed E-state index contributed by atoms with van der Waals surface area (Å²) >= 11 is 0. The summed E-state index contributed by atoms with van der Waals surface area (Å²) in [5, 5.41) is 0. The average molecular weight is 599 g/mol. The Hall–Kier alpha value is -4.41. The highest BCUT2D eigenvalue weighted by Gasteiger charge is 2.37. The summed E-state index contributed by atoms with van der Waals surface area (Å²) in [4.78, 5) is 22.7. The fraction of sp³-hybridized carbons (Fsp3) is 0.273. The molecule has 3 heterocycles. The van der Waals surface area contributed by atoms with Crippen LogP contribution in [0.5, 0.6) is 17.4 Å². The number of carbonyl (C=O) groups is 1. The van der Waals surface area contributed by atoms with Gasteiger partial charge in [0.1, 0.15) is 11.5 Å². The van der Waals surface area contributed by atoms with E-state index in [2.05, 4.69) is 14.6 Å². The topological polar surface area (TPSA) is 101 Å². The lowest BCUT2D eigenvalue weighted by Gasteiger charge is -2.39. The van der Waals surface area contributed by atoms with Gasteiger partial charge in [0.15, 0.2) is 6.10 Å². The van der Waals surface area contributed by atoms with Crippen molar-refractivity contribution in [1.82, 2.24) is 9.88 Å². The number of hydrogen-bond donors (Lipinski definition) is 1. The van der Waals surface area contributed by atoms with Gasteiger partial charge < -0.3 is 14.4 Å². The van der Waals surface area contributed by atoms with E-state index in [0.29, 0.717) is 23.7 Å². The Morgan fingerprint density at radius 3 is 2.37 bits per heavy atom. The van der Waals surface area contributed by atoms with Crippen LogP contribution < -0.4 is 19.1 Å². The highest BCUT2D eigenvalue weighted by molar-refractivity contribution is 7.92.